The maximum absolute atomic E-state index is 3.89. The van der Waals surface area contributed by atoms with Crippen molar-refractivity contribution in [2.75, 3.05) is 0 Å². The Kier molecular flexibility index (Phi) is 6.42. The maximum atomic E-state index is 3.89. The molecule has 2 rings (SSSR count). The van der Waals surface area contributed by atoms with Gasteiger partial charge in [0.1, 0.15) is 0 Å². The highest BCUT2D eigenvalue weighted by atomic mass is 32.2. The van der Waals surface area contributed by atoms with Crippen molar-refractivity contribution in [2.45, 2.75) is 6.42 Å². The highest BCUT2D eigenvalue weighted by Crippen LogP contribution is 2.03. The van der Waals surface area contributed by atoms with Crippen LogP contribution < -0.4 is 0 Å². The molecule has 14 heavy (non-hydrogen) atoms. The van der Waals surface area contributed by atoms with Gasteiger partial charge in [-0.15, -0.1) is 0 Å². The molecule has 1 aliphatic carbocycles. The molecule has 0 saturated carbocycles. The fourth-order valence-corrected chi connectivity index (χ4v) is 1.19. The molecule has 2 heteroatoms. The van der Waals surface area contributed by atoms with Crippen molar-refractivity contribution in [3.63, 3.8) is 0 Å². The van der Waals surface area contributed by atoms with Crippen molar-refractivity contribution in [1.29, 1.82) is 0 Å². The van der Waals surface area contributed by atoms with Gasteiger partial charge in [0.05, 0.1) is 0 Å². The first-order valence-electron chi connectivity index (χ1n) is 4.49. The van der Waals surface area contributed by atoms with E-state index >= 15 is 0 Å². The summed E-state index contributed by atoms with van der Waals surface area (Å²) in [6, 6.07) is 0. The Morgan fingerprint density at radius 1 is 0.786 bits per heavy atom. The van der Waals surface area contributed by atoms with Crippen molar-refractivity contribution >= 4 is 18.2 Å². The maximum Gasteiger partial charge on any atom is 0.0355 e. The molecule has 1 aliphatic heterocycles. The summed E-state index contributed by atoms with van der Waals surface area (Å²) in [6.45, 7) is 0. The molecule has 0 fully saturated rings. The smallest absolute Gasteiger partial charge is 0.0355 e. The predicted molar refractivity (Wildman–Crippen MR) is 66.4 cm³/mol. The summed E-state index contributed by atoms with van der Waals surface area (Å²) in [5, 5.41) is 1.93. The summed E-state index contributed by atoms with van der Waals surface area (Å²) in [7, 11) is 0. The largest absolute Gasteiger partial charge is 0.220 e. The first kappa shape index (κ1) is 10.8. The third-order valence-electron chi connectivity index (χ3n) is 1.45. The highest BCUT2D eigenvalue weighted by Gasteiger charge is 1.72. The molecule has 0 unspecified atom stereocenters. The van der Waals surface area contributed by atoms with E-state index in [0.717, 1.165) is 6.42 Å². The minimum atomic E-state index is 1.08. The van der Waals surface area contributed by atoms with Crippen LogP contribution in [0.4, 0.5) is 0 Å². The van der Waals surface area contributed by atoms with E-state index < -0.39 is 0 Å². The molecule has 0 aromatic carbocycles. The van der Waals surface area contributed by atoms with Gasteiger partial charge in [-0.2, -0.15) is 0 Å². The van der Waals surface area contributed by atoms with Gasteiger partial charge in [-0.05, 0) is 17.9 Å². The molecular formula is C12H13NS. The Bertz CT molecular complexity index is 246. The van der Waals surface area contributed by atoms with E-state index in [0.29, 0.717) is 0 Å². The lowest BCUT2D eigenvalue weighted by Crippen LogP contribution is -1.51. The molecule has 0 spiro atoms. The first-order valence-corrected chi connectivity index (χ1v) is 5.33. The van der Waals surface area contributed by atoms with E-state index in [2.05, 4.69) is 28.7 Å². The molecule has 0 bridgehead atoms. The number of allylic oxidation sites excluding steroid dienone is 9. The minimum Gasteiger partial charge on any atom is -0.220 e. The van der Waals surface area contributed by atoms with Crippen LogP contribution in [0.2, 0.25) is 0 Å². The lowest BCUT2D eigenvalue weighted by Gasteiger charge is -1.70. The fourth-order valence-electron chi connectivity index (χ4n) is 0.821. The Labute approximate surface area is 89.5 Å². The van der Waals surface area contributed by atoms with Gasteiger partial charge < -0.3 is 0 Å². The summed E-state index contributed by atoms with van der Waals surface area (Å²) >= 11 is 1.44. The summed E-state index contributed by atoms with van der Waals surface area (Å²) < 4.78 is 3.89. The van der Waals surface area contributed by atoms with E-state index in [9.17, 15) is 0 Å². The lowest BCUT2D eigenvalue weighted by atomic mass is 10.4. The van der Waals surface area contributed by atoms with E-state index in [1.54, 1.807) is 6.21 Å². The van der Waals surface area contributed by atoms with E-state index in [1.165, 1.54) is 11.9 Å². The monoisotopic (exact) mass is 203 g/mol. The SMILES string of the molecule is C1=CC=CCC=C1.C1=CC=NSC=C1. The van der Waals surface area contributed by atoms with E-state index in [1.807, 2.05) is 35.8 Å². The van der Waals surface area contributed by atoms with Crippen LogP contribution in [0, 0.1) is 0 Å². The van der Waals surface area contributed by atoms with Gasteiger partial charge in [-0.1, -0.05) is 48.6 Å². The summed E-state index contributed by atoms with van der Waals surface area (Å²) in [6.07, 6.45) is 21.1. The fraction of sp³-hybridized carbons (Fsp3) is 0.0833. The molecule has 2 aliphatic rings. The van der Waals surface area contributed by atoms with Crippen molar-refractivity contribution in [1.82, 2.24) is 0 Å². The minimum absolute atomic E-state index is 1.08. The van der Waals surface area contributed by atoms with Crippen LogP contribution in [0.25, 0.3) is 0 Å². The zero-order chi connectivity index (χ0) is 9.90. The molecule has 1 nitrogen and oxygen atoms in total. The van der Waals surface area contributed by atoms with Crippen LogP contribution in [-0.2, 0) is 0 Å². The van der Waals surface area contributed by atoms with Crippen molar-refractivity contribution in [3.8, 4) is 0 Å². The molecule has 0 radical (unpaired) electrons. The quantitative estimate of drug-likeness (QED) is 0.545. The number of nitrogens with zero attached hydrogens (tertiary/aromatic N) is 1. The van der Waals surface area contributed by atoms with Crippen molar-refractivity contribution in [2.24, 2.45) is 4.40 Å². The number of rotatable bonds is 0. The van der Waals surface area contributed by atoms with E-state index in [-0.39, 0.29) is 0 Å². The van der Waals surface area contributed by atoms with Crippen LogP contribution in [-0.4, -0.2) is 6.21 Å². The Balaban J connectivity index is 0.000000140. The second kappa shape index (κ2) is 8.32. The predicted octanol–water partition coefficient (Wildman–Crippen LogP) is 3.85. The average molecular weight is 203 g/mol. The number of hydrogen-bond acceptors (Lipinski definition) is 2. The van der Waals surface area contributed by atoms with Gasteiger partial charge in [0.2, 0.25) is 0 Å². The van der Waals surface area contributed by atoms with Gasteiger partial charge in [0, 0.05) is 18.2 Å². The van der Waals surface area contributed by atoms with Gasteiger partial charge in [-0.25, -0.2) is 4.40 Å². The van der Waals surface area contributed by atoms with Crippen LogP contribution in [0.15, 0.2) is 64.5 Å². The molecule has 1 heterocycles. The molecular weight excluding hydrogens is 190 g/mol. The zero-order valence-electron chi connectivity index (χ0n) is 7.91. The Morgan fingerprint density at radius 3 is 2.29 bits per heavy atom. The van der Waals surface area contributed by atoms with Crippen LogP contribution in [0.3, 0.4) is 0 Å². The lowest BCUT2D eigenvalue weighted by molar-refractivity contribution is 1.41. The van der Waals surface area contributed by atoms with Crippen molar-refractivity contribution < 1.29 is 0 Å². The van der Waals surface area contributed by atoms with Crippen LogP contribution >= 0.6 is 11.9 Å². The van der Waals surface area contributed by atoms with Gasteiger partial charge >= 0.3 is 0 Å². The summed E-state index contributed by atoms with van der Waals surface area (Å²) in [5.41, 5.74) is 0. The molecule has 0 N–H and O–H groups in total. The highest BCUT2D eigenvalue weighted by molar-refractivity contribution is 8.01. The normalized spacial score (nSPS) is 17.1. The third kappa shape index (κ3) is 6.26. The average Bonchev–Trinajstić information content (AvgIpc) is 2.68. The molecule has 0 aromatic rings. The second-order valence-electron chi connectivity index (χ2n) is 2.55. The third-order valence-corrected chi connectivity index (χ3v) is 1.97. The summed E-state index contributed by atoms with van der Waals surface area (Å²) in [4.78, 5) is 0. The van der Waals surface area contributed by atoms with Crippen LogP contribution in [0.5, 0.6) is 0 Å². The Hall–Kier alpha value is -1.28. The second-order valence-corrected chi connectivity index (χ2v) is 3.24. The molecule has 0 saturated heterocycles. The van der Waals surface area contributed by atoms with Crippen molar-refractivity contribution in [3.05, 3.63) is 60.1 Å². The van der Waals surface area contributed by atoms with Crippen LogP contribution in [0.1, 0.15) is 6.42 Å². The van der Waals surface area contributed by atoms with E-state index in [4.69, 9.17) is 0 Å². The molecule has 0 atom stereocenters. The number of hydrogen-bond donors (Lipinski definition) is 0. The topological polar surface area (TPSA) is 12.4 Å². The zero-order valence-corrected chi connectivity index (χ0v) is 8.73. The molecule has 0 amide bonds. The summed E-state index contributed by atoms with van der Waals surface area (Å²) in [5.74, 6) is 0. The molecule has 0 aromatic heterocycles. The standard InChI is InChI=1S/C7H8.C5H5NS/c2*1-2-4-6-7-5-3-1/h1-6H,7H2;1-5H. The molecule has 72 valence electrons. The van der Waals surface area contributed by atoms with Gasteiger partial charge in [0.25, 0.3) is 0 Å². The van der Waals surface area contributed by atoms with Gasteiger partial charge in [0.15, 0.2) is 0 Å². The Morgan fingerprint density at radius 2 is 1.50 bits per heavy atom. The van der Waals surface area contributed by atoms with Gasteiger partial charge in [-0.3, -0.25) is 0 Å². The first-order chi connectivity index (χ1) is 7.00.